The van der Waals surface area contributed by atoms with Crippen LogP contribution in [0.15, 0.2) is 37.1 Å². The van der Waals surface area contributed by atoms with Crippen LogP contribution < -0.4 is 5.32 Å². The molecule has 1 N–H and O–H groups in total. The Bertz CT molecular complexity index is 112. The van der Waals surface area contributed by atoms with E-state index in [1.165, 1.54) is 0 Å². The first-order valence-electron chi connectivity index (χ1n) is 3.09. The van der Waals surface area contributed by atoms with Gasteiger partial charge in [0.15, 0.2) is 0 Å². The Kier molecular flexibility index (Phi) is 6.26. The Hall–Kier alpha value is -0.980. The fraction of sp³-hybridized carbons (Fsp3) is 0.250. The van der Waals surface area contributed by atoms with E-state index in [0.717, 1.165) is 6.54 Å². The third-order valence-corrected chi connectivity index (χ3v) is 0.777. The van der Waals surface area contributed by atoms with Gasteiger partial charge in [0.05, 0.1) is 0 Å². The molecule has 0 aromatic carbocycles. The summed E-state index contributed by atoms with van der Waals surface area (Å²) in [4.78, 5) is 0. The molecule has 0 saturated carbocycles. The van der Waals surface area contributed by atoms with E-state index in [1.54, 1.807) is 6.08 Å². The molecule has 0 unspecified atom stereocenters. The van der Waals surface area contributed by atoms with Gasteiger partial charge < -0.3 is 5.32 Å². The van der Waals surface area contributed by atoms with Gasteiger partial charge in [-0.2, -0.15) is 0 Å². The molecule has 1 heteroatoms. The van der Waals surface area contributed by atoms with Crippen LogP contribution in [-0.4, -0.2) is 6.54 Å². The van der Waals surface area contributed by atoms with E-state index < -0.39 is 0 Å². The molecule has 0 aliphatic carbocycles. The predicted octanol–water partition coefficient (Wildman–Crippen LogP) is 1.85. The summed E-state index contributed by atoms with van der Waals surface area (Å²) < 4.78 is 0. The van der Waals surface area contributed by atoms with Gasteiger partial charge in [0.25, 0.3) is 0 Å². The summed E-state index contributed by atoms with van der Waals surface area (Å²) in [6.45, 7) is 6.57. The van der Waals surface area contributed by atoms with E-state index in [-0.39, 0.29) is 0 Å². The maximum Gasteiger partial charge on any atom is 0.0113 e. The minimum absolute atomic E-state index is 0.971. The monoisotopic (exact) mass is 123 g/mol. The van der Waals surface area contributed by atoms with Gasteiger partial charge in [0.2, 0.25) is 0 Å². The average Bonchev–Trinajstić information content (AvgIpc) is 1.89. The van der Waals surface area contributed by atoms with Crippen molar-refractivity contribution >= 4 is 0 Å². The van der Waals surface area contributed by atoms with Crippen LogP contribution in [0.4, 0.5) is 0 Å². The van der Waals surface area contributed by atoms with Crippen LogP contribution in [0.2, 0.25) is 0 Å². The number of rotatable bonds is 4. The highest BCUT2D eigenvalue weighted by Gasteiger charge is 1.62. The summed E-state index contributed by atoms with van der Waals surface area (Å²) >= 11 is 0. The third kappa shape index (κ3) is 7.02. The number of hydrogen-bond acceptors (Lipinski definition) is 1. The van der Waals surface area contributed by atoms with Gasteiger partial charge in [-0.3, -0.25) is 0 Å². The van der Waals surface area contributed by atoms with Gasteiger partial charge in [0.1, 0.15) is 0 Å². The van der Waals surface area contributed by atoms with Crippen molar-refractivity contribution in [2.75, 3.05) is 6.54 Å². The Morgan fingerprint density at radius 2 is 2.11 bits per heavy atom. The zero-order valence-corrected chi connectivity index (χ0v) is 5.80. The van der Waals surface area contributed by atoms with Gasteiger partial charge in [-0.05, 0) is 19.2 Å². The molecule has 0 atom stereocenters. The Balaban J connectivity index is 3.23. The van der Waals surface area contributed by atoms with Crippen LogP contribution in [0.25, 0.3) is 0 Å². The maximum absolute atomic E-state index is 3.54. The lowest BCUT2D eigenvalue weighted by Gasteiger charge is -1.86. The molecule has 0 bridgehead atoms. The Morgan fingerprint density at radius 1 is 1.33 bits per heavy atom. The summed E-state index contributed by atoms with van der Waals surface area (Å²) in [5, 5.41) is 3.04. The summed E-state index contributed by atoms with van der Waals surface area (Å²) in [6, 6.07) is 0. The standard InChI is InChI=1S/C8H13N/c1-3-5-6-7-8-9-4-2/h3,5-9H,1,4H2,2H3/b6-5-,8-7-. The Morgan fingerprint density at radius 3 is 2.67 bits per heavy atom. The third-order valence-electron chi connectivity index (χ3n) is 0.777. The van der Waals surface area contributed by atoms with Crippen LogP contribution in [0.1, 0.15) is 6.92 Å². The van der Waals surface area contributed by atoms with Crippen molar-refractivity contribution in [2.24, 2.45) is 0 Å². The number of nitrogens with one attached hydrogen (secondary N) is 1. The molecule has 50 valence electrons. The molecule has 0 rings (SSSR count). The second-order valence-electron chi connectivity index (χ2n) is 1.54. The highest BCUT2D eigenvalue weighted by Crippen LogP contribution is 1.74. The van der Waals surface area contributed by atoms with E-state index in [9.17, 15) is 0 Å². The lowest BCUT2D eigenvalue weighted by molar-refractivity contribution is 0.919. The number of hydrogen-bond donors (Lipinski definition) is 1. The minimum atomic E-state index is 0.971. The van der Waals surface area contributed by atoms with Crippen molar-refractivity contribution in [3.05, 3.63) is 37.1 Å². The van der Waals surface area contributed by atoms with Crippen LogP contribution in [0.3, 0.4) is 0 Å². The summed E-state index contributed by atoms with van der Waals surface area (Å²) in [7, 11) is 0. The molecule has 0 spiro atoms. The largest absolute Gasteiger partial charge is 0.391 e. The molecule has 0 amide bonds. The summed E-state index contributed by atoms with van der Waals surface area (Å²) in [6.07, 6.45) is 9.39. The fourth-order valence-electron chi connectivity index (χ4n) is 0.384. The molecule has 0 aliphatic heterocycles. The molecule has 0 saturated heterocycles. The first kappa shape index (κ1) is 8.02. The second kappa shape index (κ2) is 7.02. The summed E-state index contributed by atoms with van der Waals surface area (Å²) in [5.74, 6) is 0. The molecular formula is C8H13N. The molecule has 0 aromatic rings. The topological polar surface area (TPSA) is 12.0 Å². The van der Waals surface area contributed by atoms with E-state index in [4.69, 9.17) is 0 Å². The SMILES string of the molecule is C=C/C=C\C=C/NCC. The summed E-state index contributed by atoms with van der Waals surface area (Å²) in [5.41, 5.74) is 0. The Labute approximate surface area is 56.8 Å². The van der Waals surface area contributed by atoms with Crippen LogP contribution >= 0.6 is 0 Å². The van der Waals surface area contributed by atoms with Crippen molar-refractivity contribution in [1.82, 2.24) is 5.32 Å². The van der Waals surface area contributed by atoms with E-state index in [1.807, 2.05) is 24.4 Å². The van der Waals surface area contributed by atoms with Crippen LogP contribution in [0, 0.1) is 0 Å². The van der Waals surface area contributed by atoms with Gasteiger partial charge >= 0.3 is 0 Å². The minimum Gasteiger partial charge on any atom is -0.391 e. The highest BCUT2D eigenvalue weighted by molar-refractivity contribution is 5.08. The van der Waals surface area contributed by atoms with Crippen molar-refractivity contribution in [3.8, 4) is 0 Å². The first-order chi connectivity index (χ1) is 4.41. The molecule has 0 radical (unpaired) electrons. The zero-order valence-electron chi connectivity index (χ0n) is 5.80. The van der Waals surface area contributed by atoms with Crippen molar-refractivity contribution in [2.45, 2.75) is 6.92 Å². The van der Waals surface area contributed by atoms with E-state index >= 15 is 0 Å². The van der Waals surface area contributed by atoms with Gasteiger partial charge in [0, 0.05) is 6.54 Å². The first-order valence-corrected chi connectivity index (χ1v) is 3.09. The predicted molar refractivity (Wildman–Crippen MR) is 42.2 cm³/mol. The smallest absolute Gasteiger partial charge is 0.0113 e. The van der Waals surface area contributed by atoms with Gasteiger partial charge in [-0.15, -0.1) is 0 Å². The number of allylic oxidation sites excluding steroid dienone is 4. The lowest BCUT2D eigenvalue weighted by atomic mass is 10.5. The maximum atomic E-state index is 3.54. The van der Waals surface area contributed by atoms with Gasteiger partial charge in [-0.25, -0.2) is 0 Å². The second-order valence-corrected chi connectivity index (χ2v) is 1.54. The van der Waals surface area contributed by atoms with E-state index in [0.29, 0.717) is 0 Å². The molecule has 9 heavy (non-hydrogen) atoms. The van der Waals surface area contributed by atoms with Crippen LogP contribution in [0.5, 0.6) is 0 Å². The molecule has 0 aromatic heterocycles. The molecule has 0 aliphatic rings. The lowest BCUT2D eigenvalue weighted by Crippen LogP contribution is -2.00. The quantitative estimate of drug-likeness (QED) is 0.562. The fourth-order valence-corrected chi connectivity index (χ4v) is 0.384. The molecule has 0 fully saturated rings. The van der Waals surface area contributed by atoms with Crippen molar-refractivity contribution in [3.63, 3.8) is 0 Å². The molecular weight excluding hydrogens is 110 g/mol. The van der Waals surface area contributed by atoms with E-state index in [2.05, 4.69) is 18.8 Å². The molecule has 0 heterocycles. The average molecular weight is 123 g/mol. The normalized spacial score (nSPS) is 10.8. The van der Waals surface area contributed by atoms with Crippen molar-refractivity contribution < 1.29 is 0 Å². The zero-order chi connectivity index (χ0) is 6.95. The molecule has 1 nitrogen and oxygen atoms in total. The highest BCUT2D eigenvalue weighted by atomic mass is 14.8. The van der Waals surface area contributed by atoms with Crippen molar-refractivity contribution in [1.29, 1.82) is 0 Å². The van der Waals surface area contributed by atoms with Crippen LogP contribution in [-0.2, 0) is 0 Å². The van der Waals surface area contributed by atoms with Gasteiger partial charge in [-0.1, -0.05) is 24.8 Å².